The van der Waals surface area contributed by atoms with Crippen molar-refractivity contribution in [2.24, 2.45) is 0 Å². The summed E-state index contributed by atoms with van der Waals surface area (Å²) in [5.74, 6) is -0.403. The van der Waals surface area contributed by atoms with E-state index in [2.05, 4.69) is 10.3 Å². The first-order valence-corrected chi connectivity index (χ1v) is 5.75. The molecular formula is C11H13ClN2O3. The molecule has 2 rings (SSSR count). The van der Waals surface area contributed by atoms with Crippen LogP contribution in [-0.2, 0) is 9.47 Å². The van der Waals surface area contributed by atoms with Crippen molar-refractivity contribution in [3.63, 3.8) is 0 Å². The van der Waals surface area contributed by atoms with Gasteiger partial charge < -0.3 is 14.8 Å². The second-order valence-corrected chi connectivity index (χ2v) is 4.04. The molecule has 0 atom stereocenters. The molecule has 2 heterocycles. The Morgan fingerprint density at radius 3 is 3.06 bits per heavy atom. The Labute approximate surface area is 104 Å². The number of nitrogens with zero attached hydrogens (tertiary/aromatic N) is 1. The Bertz CT molecular complexity index is 421. The first-order valence-electron chi connectivity index (χ1n) is 5.37. The minimum absolute atomic E-state index is 0.210. The van der Waals surface area contributed by atoms with E-state index in [-0.39, 0.29) is 6.04 Å². The fourth-order valence-electron chi connectivity index (χ4n) is 1.46. The van der Waals surface area contributed by atoms with Crippen LogP contribution in [0.4, 0.5) is 5.69 Å². The van der Waals surface area contributed by atoms with Gasteiger partial charge in [0.2, 0.25) is 0 Å². The van der Waals surface area contributed by atoms with Gasteiger partial charge in [0.05, 0.1) is 31.5 Å². The minimum Gasteiger partial charge on any atom is -0.462 e. The predicted molar refractivity (Wildman–Crippen MR) is 63.4 cm³/mol. The van der Waals surface area contributed by atoms with Crippen LogP contribution in [0, 0.1) is 0 Å². The smallest absolute Gasteiger partial charge is 0.341 e. The third kappa shape index (κ3) is 2.87. The zero-order valence-electron chi connectivity index (χ0n) is 9.40. The number of aromatic nitrogens is 1. The molecule has 5 nitrogen and oxygen atoms in total. The molecule has 1 aliphatic heterocycles. The average Bonchev–Trinajstić information content (AvgIpc) is 2.24. The first-order chi connectivity index (χ1) is 8.20. The predicted octanol–water partition coefficient (Wildman–Crippen LogP) is 1.72. The van der Waals surface area contributed by atoms with Gasteiger partial charge in [-0.05, 0) is 13.0 Å². The molecule has 0 saturated carbocycles. The topological polar surface area (TPSA) is 60.5 Å². The normalized spacial score (nSPS) is 15.2. The molecule has 17 heavy (non-hydrogen) atoms. The molecule has 92 valence electrons. The van der Waals surface area contributed by atoms with Crippen molar-refractivity contribution in [2.45, 2.75) is 13.0 Å². The lowest BCUT2D eigenvalue weighted by Crippen LogP contribution is -2.40. The van der Waals surface area contributed by atoms with E-state index in [1.54, 1.807) is 13.0 Å². The van der Waals surface area contributed by atoms with Crippen molar-refractivity contribution in [3.05, 3.63) is 23.0 Å². The number of hydrogen-bond acceptors (Lipinski definition) is 5. The van der Waals surface area contributed by atoms with Crippen molar-refractivity contribution in [1.82, 2.24) is 4.98 Å². The molecule has 0 aromatic carbocycles. The Balaban J connectivity index is 2.19. The van der Waals surface area contributed by atoms with Crippen molar-refractivity contribution < 1.29 is 14.3 Å². The van der Waals surface area contributed by atoms with Gasteiger partial charge in [0.15, 0.2) is 0 Å². The first kappa shape index (κ1) is 12.1. The summed E-state index contributed by atoms with van der Waals surface area (Å²) in [4.78, 5) is 15.6. The zero-order chi connectivity index (χ0) is 12.3. The standard InChI is InChI=1S/C11H13ClN2O3/c1-2-17-11(15)8-4-13-10(12)3-9(8)14-7-5-16-6-7/h3-4,7H,2,5-6H2,1H3,(H,13,14). The van der Waals surface area contributed by atoms with E-state index in [0.717, 1.165) is 0 Å². The van der Waals surface area contributed by atoms with Crippen LogP contribution >= 0.6 is 11.6 Å². The van der Waals surface area contributed by atoms with E-state index in [9.17, 15) is 4.79 Å². The van der Waals surface area contributed by atoms with Crippen molar-refractivity contribution in [3.8, 4) is 0 Å². The Kier molecular flexibility index (Phi) is 3.81. The van der Waals surface area contributed by atoms with Gasteiger partial charge in [-0.2, -0.15) is 0 Å². The summed E-state index contributed by atoms with van der Waals surface area (Å²) < 4.78 is 10.0. The second-order valence-electron chi connectivity index (χ2n) is 3.65. The van der Waals surface area contributed by atoms with Crippen LogP contribution in [0.2, 0.25) is 5.15 Å². The maximum absolute atomic E-state index is 11.7. The molecule has 1 aromatic heterocycles. The molecule has 1 N–H and O–H groups in total. The Hall–Kier alpha value is -1.33. The van der Waals surface area contributed by atoms with Crippen molar-refractivity contribution in [2.75, 3.05) is 25.1 Å². The quantitative estimate of drug-likeness (QED) is 0.657. The van der Waals surface area contributed by atoms with Gasteiger partial charge in [-0.15, -0.1) is 0 Å². The number of halogens is 1. The molecule has 6 heteroatoms. The maximum atomic E-state index is 11.7. The molecular weight excluding hydrogens is 244 g/mol. The average molecular weight is 257 g/mol. The maximum Gasteiger partial charge on any atom is 0.341 e. The van der Waals surface area contributed by atoms with Crippen molar-refractivity contribution in [1.29, 1.82) is 0 Å². The molecule has 0 aliphatic carbocycles. The number of carbonyl (C=O) groups excluding carboxylic acids is 1. The van der Waals surface area contributed by atoms with Gasteiger partial charge in [0, 0.05) is 6.20 Å². The summed E-state index contributed by atoms with van der Waals surface area (Å²) in [6, 6.07) is 1.83. The summed E-state index contributed by atoms with van der Waals surface area (Å²) in [6.45, 7) is 3.34. The number of pyridine rings is 1. The number of esters is 1. The highest BCUT2D eigenvalue weighted by Crippen LogP contribution is 2.22. The zero-order valence-corrected chi connectivity index (χ0v) is 10.2. The van der Waals surface area contributed by atoms with E-state index in [0.29, 0.717) is 36.2 Å². The highest BCUT2D eigenvalue weighted by molar-refractivity contribution is 6.29. The third-order valence-corrected chi connectivity index (χ3v) is 2.57. The molecule has 0 unspecified atom stereocenters. The van der Waals surface area contributed by atoms with Crippen LogP contribution < -0.4 is 5.32 Å². The number of ether oxygens (including phenoxy) is 2. The third-order valence-electron chi connectivity index (χ3n) is 2.36. The molecule has 0 amide bonds. The summed E-state index contributed by atoms with van der Waals surface area (Å²) in [5, 5.41) is 3.51. The molecule has 0 bridgehead atoms. The largest absolute Gasteiger partial charge is 0.462 e. The minimum atomic E-state index is -0.403. The molecule has 0 radical (unpaired) electrons. The van der Waals surface area contributed by atoms with E-state index in [1.165, 1.54) is 6.20 Å². The molecule has 1 fully saturated rings. The summed E-state index contributed by atoms with van der Waals surface area (Å²) in [7, 11) is 0. The van der Waals surface area contributed by atoms with Crippen molar-refractivity contribution >= 4 is 23.3 Å². The lowest BCUT2D eigenvalue weighted by molar-refractivity contribution is 0.0210. The Morgan fingerprint density at radius 1 is 1.71 bits per heavy atom. The SMILES string of the molecule is CCOC(=O)c1cnc(Cl)cc1NC1COC1. The lowest BCUT2D eigenvalue weighted by atomic mass is 10.2. The molecule has 1 aliphatic rings. The number of anilines is 1. The van der Waals surface area contributed by atoms with Gasteiger partial charge in [-0.1, -0.05) is 11.6 Å². The van der Waals surface area contributed by atoms with Gasteiger partial charge in [0.1, 0.15) is 10.7 Å². The summed E-state index contributed by atoms with van der Waals surface area (Å²) in [5.41, 5.74) is 1.03. The number of rotatable bonds is 4. The van der Waals surface area contributed by atoms with E-state index in [4.69, 9.17) is 21.1 Å². The van der Waals surface area contributed by atoms with Gasteiger partial charge in [-0.3, -0.25) is 0 Å². The fourth-order valence-corrected chi connectivity index (χ4v) is 1.62. The van der Waals surface area contributed by atoms with Gasteiger partial charge in [0.25, 0.3) is 0 Å². The van der Waals surface area contributed by atoms with E-state index < -0.39 is 5.97 Å². The van der Waals surface area contributed by atoms with Crippen LogP contribution in [0.15, 0.2) is 12.3 Å². The number of nitrogens with one attached hydrogen (secondary N) is 1. The van der Waals surface area contributed by atoms with Crippen LogP contribution in [0.5, 0.6) is 0 Å². The monoisotopic (exact) mass is 256 g/mol. The summed E-state index contributed by atoms with van der Waals surface area (Å²) in [6.07, 6.45) is 1.42. The Morgan fingerprint density at radius 2 is 2.47 bits per heavy atom. The van der Waals surface area contributed by atoms with Gasteiger partial charge >= 0.3 is 5.97 Å². The second kappa shape index (κ2) is 5.33. The number of hydrogen-bond donors (Lipinski definition) is 1. The molecule has 1 saturated heterocycles. The molecule has 1 aromatic rings. The van der Waals surface area contributed by atoms with Crippen LogP contribution in [-0.4, -0.2) is 36.8 Å². The van der Waals surface area contributed by atoms with E-state index in [1.807, 2.05) is 0 Å². The number of carbonyl (C=O) groups is 1. The highest BCUT2D eigenvalue weighted by atomic mass is 35.5. The van der Waals surface area contributed by atoms with Crippen LogP contribution in [0.3, 0.4) is 0 Å². The van der Waals surface area contributed by atoms with Crippen LogP contribution in [0.25, 0.3) is 0 Å². The molecule has 0 spiro atoms. The van der Waals surface area contributed by atoms with E-state index >= 15 is 0 Å². The lowest BCUT2D eigenvalue weighted by Gasteiger charge is -2.28. The fraction of sp³-hybridized carbons (Fsp3) is 0.455. The summed E-state index contributed by atoms with van der Waals surface area (Å²) >= 11 is 5.81. The van der Waals surface area contributed by atoms with Crippen LogP contribution in [0.1, 0.15) is 17.3 Å². The highest BCUT2D eigenvalue weighted by Gasteiger charge is 2.21. The van der Waals surface area contributed by atoms with Gasteiger partial charge in [-0.25, -0.2) is 9.78 Å².